The van der Waals surface area contributed by atoms with Gasteiger partial charge < -0.3 is 4.90 Å². The number of anilines is 2. The van der Waals surface area contributed by atoms with Gasteiger partial charge in [0.05, 0.1) is 4.90 Å². The van der Waals surface area contributed by atoms with Crippen molar-refractivity contribution in [1.29, 1.82) is 0 Å². The summed E-state index contributed by atoms with van der Waals surface area (Å²) in [6.07, 6.45) is 1.43. The van der Waals surface area contributed by atoms with Gasteiger partial charge in [0.2, 0.25) is 5.91 Å². The first-order valence-electron chi connectivity index (χ1n) is 9.55. The highest BCUT2D eigenvalue weighted by Crippen LogP contribution is 2.32. The van der Waals surface area contributed by atoms with Gasteiger partial charge in [0.15, 0.2) is 0 Å². The maximum atomic E-state index is 13.2. The Hall–Kier alpha value is -2.34. The van der Waals surface area contributed by atoms with Gasteiger partial charge in [-0.1, -0.05) is 0 Å². The minimum atomic E-state index is -3.73. The minimum absolute atomic E-state index is 0.119. The molecule has 0 radical (unpaired) electrons. The van der Waals surface area contributed by atoms with Crippen LogP contribution in [0.2, 0.25) is 0 Å². The predicted molar refractivity (Wildman–Crippen MR) is 114 cm³/mol. The van der Waals surface area contributed by atoms with E-state index >= 15 is 0 Å². The van der Waals surface area contributed by atoms with Crippen LogP contribution >= 0.6 is 0 Å². The monoisotopic (exact) mass is 400 g/mol. The predicted octanol–water partition coefficient (Wildman–Crippen LogP) is 4.46. The molecule has 0 atom stereocenters. The zero-order valence-corrected chi connectivity index (χ0v) is 18.3. The van der Waals surface area contributed by atoms with E-state index in [1.165, 1.54) is 0 Å². The van der Waals surface area contributed by atoms with Crippen LogP contribution in [0.15, 0.2) is 23.1 Å². The number of carbonyl (C=O) groups excluding carboxylic acids is 1. The third-order valence-electron chi connectivity index (χ3n) is 6.01. The number of aryl methyl sites for hydroxylation is 1. The molecule has 1 saturated heterocycles. The summed E-state index contributed by atoms with van der Waals surface area (Å²) < 4.78 is 29.1. The Balaban J connectivity index is 1.98. The highest BCUT2D eigenvalue weighted by atomic mass is 32.2. The zero-order valence-electron chi connectivity index (χ0n) is 17.4. The molecule has 0 bridgehead atoms. The van der Waals surface area contributed by atoms with Gasteiger partial charge >= 0.3 is 0 Å². The zero-order chi connectivity index (χ0) is 20.8. The lowest BCUT2D eigenvalue weighted by Gasteiger charge is -2.21. The molecule has 0 unspecified atom stereocenters. The molecule has 2 aromatic rings. The van der Waals surface area contributed by atoms with Crippen molar-refractivity contribution >= 4 is 27.3 Å². The fourth-order valence-electron chi connectivity index (χ4n) is 4.00. The molecule has 1 aliphatic rings. The fourth-order valence-corrected chi connectivity index (χ4v) is 5.65. The van der Waals surface area contributed by atoms with Gasteiger partial charge in [0, 0.05) is 24.3 Å². The molecule has 1 fully saturated rings. The smallest absolute Gasteiger partial charge is 0.262 e. The second-order valence-electron chi connectivity index (χ2n) is 7.71. The second kappa shape index (κ2) is 7.24. The molecule has 1 amide bonds. The molecule has 0 spiro atoms. The number of carbonyl (C=O) groups is 1. The molecule has 0 aromatic heterocycles. The molecule has 1 aliphatic heterocycles. The number of rotatable bonds is 4. The first kappa shape index (κ1) is 20.4. The molecule has 0 aliphatic carbocycles. The van der Waals surface area contributed by atoms with E-state index in [4.69, 9.17) is 0 Å². The molecule has 5 nitrogen and oxygen atoms in total. The number of hydrogen-bond donors (Lipinski definition) is 1. The SMILES string of the molecule is Cc1cc(NS(=O)(=O)c2c(C)c(C)c(C)c(C)c2C)ccc1N1CCCC1=O. The standard InChI is InChI=1S/C22H28N2O3S/c1-13-12-19(9-10-20(13)24-11-7-8-21(24)25)23-28(26,27)22-17(5)15(3)14(2)16(4)18(22)6/h9-10,12,23H,7-8,11H2,1-6H3. The molecule has 6 heteroatoms. The van der Waals surface area contributed by atoms with Crippen LogP contribution < -0.4 is 9.62 Å². The number of benzene rings is 2. The largest absolute Gasteiger partial charge is 0.312 e. The Bertz CT molecular complexity index is 1040. The van der Waals surface area contributed by atoms with Crippen molar-refractivity contribution < 1.29 is 13.2 Å². The Labute approximate surface area is 167 Å². The molecule has 2 aromatic carbocycles. The van der Waals surface area contributed by atoms with E-state index < -0.39 is 10.0 Å². The van der Waals surface area contributed by atoms with Crippen molar-refractivity contribution in [2.75, 3.05) is 16.2 Å². The maximum Gasteiger partial charge on any atom is 0.262 e. The summed E-state index contributed by atoms with van der Waals surface area (Å²) in [5.41, 5.74) is 6.92. The summed E-state index contributed by atoms with van der Waals surface area (Å²) in [7, 11) is -3.73. The van der Waals surface area contributed by atoms with Crippen LogP contribution in [0.25, 0.3) is 0 Å². The van der Waals surface area contributed by atoms with Crippen molar-refractivity contribution in [3.05, 3.63) is 51.6 Å². The van der Waals surface area contributed by atoms with Gasteiger partial charge in [-0.05, 0) is 99.5 Å². The highest BCUT2D eigenvalue weighted by Gasteiger charge is 2.25. The van der Waals surface area contributed by atoms with Crippen molar-refractivity contribution in [2.24, 2.45) is 0 Å². The van der Waals surface area contributed by atoms with Crippen LogP contribution in [0.1, 0.15) is 46.2 Å². The summed E-state index contributed by atoms with van der Waals surface area (Å²) in [5.74, 6) is 0.119. The number of hydrogen-bond acceptors (Lipinski definition) is 3. The minimum Gasteiger partial charge on any atom is -0.312 e. The first-order valence-corrected chi connectivity index (χ1v) is 11.0. The first-order chi connectivity index (χ1) is 13.0. The van der Waals surface area contributed by atoms with Crippen LogP contribution in [0.4, 0.5) is 11.4 Å². The lowest BCUT2D eigenvalue weighted by Crippen LogP contribution is -2.24. The van der Waals surface area contributed by atoms with Crippen LogP contribution in [0.5, 0.6) is 0 Å². The lowest BCUT2D eigenvalue weighted by molar-refractivity contribution is -0.117. The van der Waals surface area contributed by atoms with Gasteiger partial charge in [-0.25, -0.2) is 8.42 Å². The molecule has 1 heterocycles. The van der Waals surface area contributed by atoms with Gasteiger partial charge in [0.1, 0.15) is 0 Å². The average Bonchev–Trinajstić information content (AvgIpc) is 3.03. The van der Waals surface area contributed by atoms with Crippen molar-refractivity contribution in [2.45, 2.75) is 59.3 Å². The van der Waals surface area contributed by atoms with Crippen LogP contribution in [0, 0.1) is 41.5 Å². The number of amides is 1. The average molecular weight is 401 g/mol. The molecule has 150 valence electrons. The van der Waals surface area contributed by atoms with Gasteiger partial charge in [-0.2, -0.15) is 0 Å². The van der Waals surface area contributed by atoms with E-state index in [1.54, 1.807) is 17.0 Å². The third kappa shape index (κ3) is 3.41. The third-order valence-corrected chi connectivity index (χ3v) is 7.67. The summed E-state index contributed by atoms with van der Waals surface area (Å²) >= 11 is 0. The fraction of sp³-hybridized carbons (Fsp3) is 0.409. The topological polar surface area (TPSA) is 66.5 Å². The number of nitrogens with zero attached hydrogens (tertiary/aromatic N) is 1. The van der Waals surface area contributed by atoms with E-state index in [9.17, 15) is 13.2 Å². The molecule has 1 N–H and O–H groups in total. The van der Waals surface area contributed by atoms with Gasteiger partial charge in [-0.15, -0.1) is 0 Å². The summed E-state index contributed by atoms with van der Waals surface area (Å²) in [6.45, 7) is 12.3. The molecular formula is C22H28N2O3S. The lowest BCUT2D eigenvalue weighted by atomic mass is 9.95. The van der Waals surface area contributed by atoms with Crippen molar-refractivity contribution in [3.8, 4) is 0 Å². The Morgan fingerprint density at radius 2 is 1.46 bits per heavy atom. The maximum absolute atomic E-state index is 13.2. The quantitative estimate of drug-likeness (QED) is 0.824. The number of sulfonamides is 1. The number of nitrogens with one attached hydrogen (secondary N) is 1. The van der Waals surface area contributed by atoms with Crippen LogP contribution in [-0.4, -0.2) is 20.9 Å². The van der Waals surface area contributed by atoms with Crippen LogP contribution in [-0.2, 0) is 14.8 Å². The van der Waals surface area contributed by atoms with E-state index in [2.05, 4.69) is 4.72 Å². The van der Waals surface area contributed by atoms with E-state index in [0.29, 0.717) is 23.5 Å². The Kier molecular flexibility index (Phi) is 5.28. The van der Waals surface area contributed by atoms with E-state index in [1.807, 2.05) is 47.6 Å². The van der Waals surface area contributed by atoms with E-state index in [0.717, 1.165) is 45.5 Å². The Morgan fingerprint density at radius 3 is 1.96 bits per heavy atom. The van der Waals surface area contributed by atoms with Gasteiger partial charge in [0.25, 0.3) is 10.0 Å². The van der Waals surface area contributed by atoms with Crippen LogP contribution in [0.3, 0.4) is 0 Å². The van der Waals surface area contributed by atoms with Crippen molar-refractivity contribution in [1.82, 2.24) is 0 Å². The Morgan fingerprint density at radius 1 is 0.893 bits per heavy atom. The summed E-state index contributed by atoms with van der Waals surface area (Å²) in [4.78, 5) is 14.1. The van der Waals surface area contributed by atoms with Gasteiger partial charge in [-0.3, -0.25) is 9.52 Å². The van der Waals surface area contributed by atoms with Crippen molar-refractivity contribution in [3.63, 3.8) is 0 Å². The molecule has 3 rings (SSSR count). The highest BCUT2D eigenvalue weighted by molar-refractivity contribution is 7.92. The molecule has 0 saturated carbocycles. The second-order valence-corrected chi connectivity index (χ2v) is 9.33. The molecular weight excluding hydrogens is 372 g/mol. The normalized spacial score (nSPS) is 14.6. The van der Waals surface area contributed by atoms with E-state index in [-0.39, 0.29) is 5.91 Å². The molecule has 28 heavy (non-hydrogen) atoms. The summed E-state index contributed by atoms with van der Waals surface area (Å²) in [6, 6.07) is 5.34. The summed E-state index contributed by atoms with van der Waals surface area (Å²) in [5, 5.41) is 0.